The summed E-state index contributed by atoms with van der Waals surface area (Å²) in [4.78, 5) is 32.1. The first-order valence-electron chi connectivity index (χ1n) is 4.45. The van der Waals surface area contributed by atoms with Crippen molar-refractivity contribution in [1.82, 2.24) is 10.6 Å². The van der Waals surface area contributed by atoms with Gasteiger partial charge in [-0.2, -0.15) is 0 Å². The zero-order valence-electron chi connectivity index (χ0n) is 8.24. The summed E-state index contributed by atoms with van der Waals surface area (Å²) in [5.74, 6) is -1.99. The van der Waals surface area contributed by atoms with Crippen LogP contribution < -0.4 is 10.6 Å². The Kier molecular flexibility index (Phi) is 3.08. The van der Waals surface area contributed by atoms with Crippen molar-refractivity contribution in [1.29, 1.82) is 0 Å². The number of carboxylic acid groups (broad SMARTS) is 1. The first-order chi connectivity index (χ1) is 6.91. The topological polar surface area (TPSA) is 95.5 Å². The number of urea groups is 1. The van der Waals surface area contributed by atoms with Gasteiger partial charge in [0, 0.05) is 17.7 Å². The van der Waals surface area contributed by atoms with Gasteiger partial charge in [0.25, 0.3) is 5.91 Å². The normalized spacial score (nSPS) is 17.1. The predicted octanol–water partition coefficient (Wildman–Crippen LogP) is 0.00550. The van der Waals surface area contributed by atoms with Crippen molar-refractivity contribution in [3.05, 3.63) is 12.2 Å². The van der Waals surface area contributed by atoms with Crippen LogP contribution in [0.1, 0.15) is 19.8 Å². The van der Waals surface area contributed by atoms with Crippen LogP contribution in [0.2, 0.25) is 0 Å². The van der Waals surface area contributed by atoms with E-state index < -0.39 is 17.9 Å². The molecule has 0 aromatic heterocycles. The van der Waals surface area contributed by atoms with Crippen LogP contribution in [0.5, 0.6) is 0 Å². The molecule has 0 unspecified atom stereocenters. The van der Waals surface area contributed by atoms with Crippen molar-refractivity contribution in [3.63, 3.8) is 0 Å². The molecule has 0 bridgehead atoms. The highest BCUT2D eigenvalue weighted by Crippen LogP contribution is 2.33. The Morgan fingerprint density at radius 3 is 2.33 bits per heavy atom. The molecule has 0 aliphatic heterocycles. The molecule has 15 heavy (non-hydrogen) atoms. The fourth-order valence-electron chi connectivity index (χ4n) is 0.918. The van der Waals surface area contributed by atoms with E-state index in [1.54, 1.807) is 0 Å². The van der Waals surface area contributed by atoms with Crippen LogP contribution in [0.4, 0.5) is 4.79 Å². The lowest BCUT2D eigenvalue weighted by atomic mass is 10.3. The highest BCUT2D eigenvalue weighted by molar-refractivity contribution is 6.02. The van der Waals surface area contributed by atoms with Gasteiger partial charge in [0.2, 0.25) is 0 Å². The summed E-state index contributed by atoms with van der Waals surface area (Å²) >= 11 is 0. The molecule has 1 aliphatic carbocycles. The van der Waals surface area contributed by atoms with Crippen molar-refractivity contribution in [2.45, 2.75) is 25.3 Å². The Balaban J connectivity index is 2.31. The number of imide groups is 1. The maximum atomic E-state index is 11.1. The quantitative estimate of drug-likeness (QED) is 0.574. The highest BCUT2D eigenvalue weighted by atomic mass is 16.4. The second-order valence-electron chi connectivity index (χ2n) is 3.68. The van der Waals surface area contributed by atoms with Gasteiger partial charge in [-0.25, -0.2) is 9.59 Å². The van der Waals surface area contributed by atoms with Gasteiger partial charge in [-0.3, -0.25) is 10.1 Å². The standard InChI is InChI=1S/C9H12N2O4/c1-9(4-5-9)11-8(15)10-6(12)2-3-7(13)14/h2-3H,4-5H2,1H3,(H,13,14)(H2,10,11,12,15)/b3-2+. The van der Waals surface area contributed by atoms with E-state index in [4.69, 9.17) is 5.11 Å². The van der Waals surface area contributed by atoms with Crippen molar-refractivity contribution in [2.75, 3.05) is 0 Å². The molecule has 0 radical (unpaired) electrons. The average molecular weight is 212 g/mol. The van der Waals surface area contributed by atoms with E-state index >= 15 is 0 Å². The third-order valence-electron chi connectivity index (χ3n) is 2.03. The maximum Gasteiger partial charge on any atom is 0.328 e. The number of carbonyl (C=O) groups is 3. The first kappa shape index (κ1) is 11.2. The zero-order chi connectivity index (χ0) is 11.5. The Morgan fingerprint density at radius 1 is 1.27 bits per heavy atom. The lowest BCUT2D eigenvalue weighted by Crippen LogP contribution is -2.44. The monoisotopic (exact) mass is 212 g/mol. The van der Waals surface area contributed by atoms with Crippen LogP contribution in [0, 0.1) is 0 Å². The van der Waals surface area contributed by atoms with Crippen LogP contribution in [-0.2, 0) is 9.59 Å². The number of carbonyl (C=O) groups excluding carboxylic acids is 2. The summed E-state index contributed by atoms with van der Waals surface area (Å²) < 4.78 is 0. The fourth-order valence-corrected chi connectivity index (χ4v) is 0.918. The molecule has 1 rings (SSSR count). The van der Waals surface area contributed by atoms with E-state index in [1.165, 1.54) is 0 Å². The molecule has 6 nitrogen and oxygen atoms in total. The van der Waals surface area contributed by atoms with Gasteiger partial charge in [-0.1, -0.05) is 0 Å². The molecular formula is C9H12N2O4. The maximum absolute atomic E-state index is 11.1. The van der Waals surface area contributed by atoms with E-state index in [1.807, 2.05) is 12.2 Å². The molecule has 82 valence electrons. The van der Waals surface area contributed by atoms with E-state index in [9.17, 15) is 14.4 Å². The summed E-state index contributed by atoms with van der Waals surface area (Å²) in [7, 11) is 0. The number of nitrogens with one attached hydrogen (secondary N) is 2. The van der Waals surface area contributed by atoms with Gasteiger partial charge in [-0.05, 0) is 19.8 Å². The van der Waals surface area contributed by atoms with E-state index in [-0.39, 0.29) is 5.54 Å². The molecule has 0 heterocycles. The minimum atomic E-state index is -1.24. The van der Waals surface area contributed by atoms with Crippen molar-refractivity contribution >= 4 is 17.9 Å². The van der Waals surface area contributed by atoms with Gasteiger partial charge in [0.1, 0.15) is 0 Å². The van der Waals surface area contributed by atoms with Gasteiger partial charge in [-0.15, -0.1) is 0 Å². The van der Waals surface area contributed by atoms with Crippen LogP contribution in [0.25, 0.3) is 0 Å². The molecule has 1 saturated carbocycles. The second kappa shape index (κ2) is 4.12. The molecule has 1 fully saturated rings. The number of hydrogen-bond donors (Lipinski definition) is 3. The smallest absolute Gasteiger partial charge is 0.328 e. The minimum Gasteiger partial charge on any atom is -0.478 e. The summed E-state index contributed by atoms with van der Waals surface area (Å²) in [6, 6.07) is -0.602. The minimum absolute atomic E-state index is 0.207. The van der Waals surface area contributed by atoms with Crippen LogP contribution in [-0.4, -0.2) is 28.6 Å². The van der Waals surface area contributed by atoms with E-state index in [2.05, 4.69) is 5.32 Å². The van der Waals surface area contributed by atoms with Gasteiger partial charge in [0.05, 0.1) is 0 Å². The number of rotatable bonds is 3. The third-order valence-corrected chi connectivity index (χ3v) is 2.03. The number of hydrogen-bond acceptors (Lipinski definition) is 3. The van der Waals surface area contributed by atoms with Crippen molar-refractivity contribution < 1.29 is 19.5 Å². The molecule has 0 atom stereocenters. The largest absolute Gasteiger partial charge is 0.478 e. The Hall–Kier alpha value is -1.85. The molecule has 0 aromatic carbocycles. The molecule has 0 saturated heterocycles. The Morgan fingerprint density at radius 2 is 1.87 bits per heavy atom. The number of carboxylic acids is 1. The molecule has 1 aliphatic rings. The third kappa shape index (κ3) is 4.26. The molecule has 3 N–H and O–H groups in total. The van der Waals surface area contributed by atoms with Crippen molar-refractivity contribution in [3.8, 4) is 0 Å². The summed E-state index contributed by atoms with van der Waals surface area (Å²) in [5.41, 5.74) is -0.207. The van der Waals surface area contributed by atoms with Gasteiger partial charge < -0.3 is 10.4 Å². The number of aliphatic carboxylic acids is 1. The van der Waals surface area contributed by atoms with Crippen LogP contribution >= 0.6 is 0 Å². The van der Waals surface area contributed by atoms with Gasteiger partial charge >= 0.3 is 12.0 Å². The predicted molar refractivity (Wildman–Crippen MR) is 51.1 cm³/mol. The second-order valence-corrected chi connectivity index (χ2v) is 3.68. The lowest BCUT2D eigenvalue weighted by Gasteiger charge is -2.10. The molecular weight excluding hydrogens is 200 g/mol. The lowest BCUT2D eigenvalue weighted by molar-refractivity contribution is -0.131. The van der Waals surface area contributed by atoms with E-state index in [0.717, 1.165) is 18.9 Å². The fraction of sp³-hybridized carbons (Fsp3) is 0.444. The summed E-state index contributed by atoms with van der Waals surface area (Å²) in [5, 5.41) is 12.8. The summed E-state index contributed by atoms with van der Waals surface area (Å²) in [6.45, 7) is 1.87. The molecule has 0 spiro atoms. The Bertz CT molecular complexity index is 331. The summed E-state index contributed by atoms with van der Waals surface area (Å²) in [6.07, 6.45) is 3.23. The van der Waals surface area contributed by atoms with Crippen LogP contribution in [0.3, 0.4) is 0 Å². The SMILES string of the molecule is CC1(NC(=O)NC(=O)/C=C/C(=O)O)CC1. The van der Waals surface area contributed by atoms with Crippen molar-refractivity contribution in [2.24, 2.45) is 0 Å². The number of amides is 3. The molecule has 0 aromatic rings. The highest BCUT2D eigenvalue weighted by Gasteiger charge is 2.38. The average Bonchev–Trinajstić information content (AvgIpc) is 2.79. The molecule has 6 heteroatoms. The van der Waals surface area contributed by atoms with E-state index in [0.29, 0.717) is 6.08 Å². The van der Waals surface area contributed by atoms with Crippen LogP contribution in [0.15, 0.2) is 12.2 Å². The first-order valence-corrected chi connectivity index (χ1v) is 4.45. The Labute approximate surface area is 86.3 Å². The van der Waals surface area contributed by atoms with Gasteiger partial charge in [0.15, 0.2) is 0 Å². The zero-order valence-corrected chi connectivity index (χ0v) is 8.24. The molecule has 3 amide bonds.